The molecular formula is C5H7N3S. The van der Waals surface area contributed by atoms with Gasteiger partial charge in [-0.2, -0.15) is 0 Å². The van der Waals surface area contributed by atoms with Crippen molar-refractivity contribution in [3.63, 3.8) is 0 Å². The molecule has 9 heavy (non-hydrogen) atoms. The van der Waals surface area contributed by atoms with Crippen LogP contribution in [0.3, 0.4) is 0 Å². The van der Waals surface area contributed by atoms with Crippen LogP contribution in [-0.2, 0) is 0 Å². The molecule has 0 amide bonds. The van der Waals surface area contributed by atoms with E-state index in [1.807, 2.05) is 6.07 Å². The number of pyridine rings is 1. The molecular weight excluding hydrogens is 134 g/mol. The summed E-state index contributed by atoms with van der Waals surface area (Å²) in [6.45, 7) is 0. The number of nitrogens with zero attached hydrogens (tertiary/aromatic N) is 1. The molecule has 0 atom stereocenters. The standard InChI is InChI=1S/C5H7N3S/c6-4-2-1-3-5(8-4)9-7/h1-3H,7H2,(H2,6,8). The van der Waals surface area contributed by atoms with E-state index in [0.29, 0.717) is 5.82 Å². The summed E-state index contributed by atoms with van der Waals surface area (Å²) < 4.78 is 0. The third-order valence-electron chi connectivity index (χ3n) is 0.866. The van der Waals surface area contributed by atoms with Crippen LogP contribution in [0.5, 0.6) is 0 Å². The lowest BCUT2D eigenvalue weighted by Crippen LogP contribution is -1.91. The van der Waals surface area contributed by atoms with E-state index < -0.39 is 0 Å². The summed E-state index contributed by atoms with van der Waals surface area (Å²) in [5.41, 5.74) is 5.35. The zero-order valence-electron chi connectivity index (χ0n) is 4.74. The molecule has 0 spiro atoms. The normalized spacial score (nSPS) is 9.44. The van der Waals surface area contributed by atoms with E-state index in [9.17, 15) is 0 Å². The first kappa shape index (κ1) is 6.38. The summed E-state index contributed by atoms with van der Waals surface area (Å²) in [5.74, 6) is 0.505. The minimum absolute atomic E-state index is 0.505. The Morgan fingerprint density at radius 2 is 2.22 bits per heavy atom. The van der Waals surface area contributed by atoms with Crippen molar-refractivity contribution in [2.45, 2.75) is 5.03 Å². The van der Waals surface area contributed by atoms with Gasteiger partial charge in [-0.1, -0.05) is 6.07 Å². The number of rotatable bonds is 1. The SMILES string of the molecule is NSc1cccc(N)n1. The van der Waals surface area contributed by atoms with Crippen LogP contribution in [0.15, 0.2) is 23.2 Å². The molecule has 1 rings (SSSR count). The van der Waals surface area contributed by atoms with Crippen molar-refractivity contribution in [2.75, 3.05) is 5.73 Å². The molecule has 0 aliphatic rings. The number of hydrogen-bond acceptors (Lipinski definition) is 4. The lowest BCUT2D eigenvalue weighted by molar-refractivity contribution is 1.15. The Morgan fingerprint density at radius 3 is 2.67 bits per heavy atom. The second-order valence-electron chi connectivity index (χ2n) is 1.52. The highest BCUT2D eigenvalue weighted by Crippen LogP contribution is 2.08. The third-order valence-corrected chi connectivity index (χ3v) is 1.33. The number of nitrogens with two attached hydrogens (primary N) is 2. The van der Waals surface area contributed by atoms with Gasteiger partial charge in [0.05, 0.1) is 0 Å². The zero-order chi connectivity index (χ0) is 6.69. The summed E-state index contributed by atoms with van der Waals surface area (Å²) in [4.78, 5) is 3.91. The molecule has 0 radical (unpaired) electrons. The molecule has 4 heteroatoms. The van der Waals surface area contributed by atoms with Gasteiger partial charge < -0.3 is 5.73 Å². The quantitative estimate of drug-likeness (QED) is 0.563. The summed E-state index contributed by atoms with van der Waals surface area (Å²) in [6.07, 6.45) is 0. The van der Waals surface area contributed by atoms with Gasteiger partial charge in [-0.15, -0.1) is 0 Å². The molecule has 0 fully saturated rings. The smallest absolute Gasteiger partial charge is 0.124 e. The lowest BCUT2D eigenvalue weighted by Gasteiger charge is -1.93. The van der Waals surface area contributed by atoms with E-state index in [2.05, 4.69) is 4.98 Å². The Balaban J connectivity index is 2.94. The molecule has 0 aliphatic carbocycles. The molecule has 0 saturated heterocycles. The van der Waals surface area contributed by atoms with E-state index in [4.69, 9.17) is 10.9 Å². The van der Waals surface area contributed by atoms with Gasteiger partial charge in [-0.3, -0.25) is 5.14 Å². The third kappa shape index (κ3) is 1.58. The average molecular weight is 141 g/mol. The van der Waals surface area contributed by atoms with Crippen molar-refractivity contribution in [3.8, 4) is 0 Å². The fourth-order valence-electron chi connectivity index (χ4n) is 0.496. The zero-order valence-corrected chi connectivity index (χ0v) is 5.56. The van der Waals surface area contributed by atoms with Gasteiger partial charge in [-0.05, 0) is 24.1 Å². The first-order valence-electron chi connectivity index (χ1n) is 2.42. The highest BCUT2D eigenvalue weighted by molar-refractivity contribution is 7.97. The van der Waals surface area contributed by atoms with Gasteiger partial charge in [0.2, 0.25) is 0 Å². The van der Waals surface area contributed by atoms with Crippen molar-refractivity contribution in [2.24, 2.45) is 5.14 Å². The first-order chi connectivity index (χ1) is 4.33. The predicted octanol–water partition coefficient (Wildman–Crippen LogP) is 0.630. The van der Waals surface area contributed by atoms with Crippen molar-refractivity contribution in [1.29, 1.82) is 0 Å². The maximum atomic E-state index is 5.35. The van der Waals surface area contributed by atoms with Gasteiger partial charge in [0.25, 0.3) is 0 Å². The number of anilines is 1. The minimum Gasteiger partial charge on any atom is -0.384 e. The molecule has 4 N–H and O–H groups in total. The molecule has 0 aliphatic heterocycles. The average Bonchev–Trinajstić information content (AvgIpc) is 1.88. The van der Waals surface area contributed by atoms with Crippen LogP contribution >= 0.6 is 11.9 Å². The van der Waals surface area contributed by atoms with Crippen LogP contribution < -0.4 is 10.9 Å². The van der Waals surface area contributed by atoms with Gasteiger partial charge >= 0.3 is 0 Å². The molecule has 48 valence electrons. The summed E-state index contributed by atoms with van der Waals surface area (Å²) in [7, 11) is 0. The fourth-order valence-corrected chi connectivity index (χ4v) is 0.812. The van der Waals surface area contributed by atoms with Crippen molar-refractivity contribution >= 4 is 17.8 Å². The Bertz CT molecular complexity index is 201. The predicted molar refractivity (Wildman–Crippen MR) is 38.7 cm³/mol. The molecule has 1 heterocycles. The molecule has 1 aromatic heterocycles. The van der Waals surface area contributed by atoms with Crippen LogP contribution in [0, 0.1) is 0 Å². The van der Waals surface area contributed by atoms with Gasteiger partial charge in [0, 0.05) is 0 Å². The molecule has 0 bridgehead atoms. The van der Waals surface area contributed by atoms with Crippen LogP contribution in [0.25, 0.3) is 0 Å². The van der Waals surface area contributed by atoms with Crippen molar-refractivity contribution in [1.82, 2.24) is 4.98 Å². The van der Waals surface area contributed by atoms with Gasteiger partial charge in [0.15, 0.2) is 0 Å². The Hall–Kier alpha value is -0.740. The topological polar surface area (TPSA) is 64.9 Å². The van der Waals surface area contributed by atoms with Crippen molar-refractivity contribution in [3.05, 3.63) is 18.2 Å². The second kappa shape index (κ2) is 2.70. The molecule has 0 aromatic carbocycles. The number of nitrogen functional groups attached to an aromatic ring is 1. The Labute approximate surface area is 57.6 Å². The van der Waals surface area contributed by atoms with Crippen molar-refractivity contribution < 1.29 is 0 Å². The van der Waals surface area contributed by atoms with E-state index in [-0.39, 0.29) is 0 Å². The van der Waals surface area contributed by atoms with E-state index >= 15 is 0 Å². The maximum absolute atomic E-state index is 5.35. The van der Waals surface area contributed by atoms with Crippen LogP contribution in [0.4, 0.5) is 5.82 Å². The molecule has 3 nitrogen and oxygen atoms in total. The van der Waals surface area contributed by atoms with E-state index in [1.165, 1.54) is 0 Å². The summed E-state index contributed by atoms with van der Waals surface area (Å²) in [6, 6.07) is 5.35. The highest BCUT2D eigenvalue weighted by Gasteiger charge is 1.89. The largest absolute Gasteiger partial charge is 0.384 e. The second-order valence-corrected chi connectivity index (χ2v) is 2.17. The van der Waals surface area contributed by atoms with Crippen LogP contribution in [-0.4, -0.2) is 4.98 Å². The van der Waals surface area contributed by atoms with Crippen LogP contribution in [0.2, 0.25) is 0 Å². The monoisotopic (exact) mass is 141 g/mol. The minimum atomic E-state index is 0.505. The molecule has 1 aromatic rings. The molecule has 0 saturated carbocycles. The summed E-state index contributed by atoms with van der Waals surface area (Å²) in [5, 5.41) is 5.96. The Morgan fingerprint density at radius 1 is 1.44 bits per heavy atom. The van der Waals surface area contributed by atoms with E-state index in [0.717, 1.165) is 17.0 Å². The molecule has 0 unspecified atom stereocenters. The Kier molecular flexibility index (Phi) is 1.92. The first-order valence-corrected chi connectivity index (χ1v) is 3.30. The van der Waals surface area contributed by atoms with Gasteiger partial charge in [0.1, 0.15) is 10.8 Å². The fraction of sp³-hybridized carbons (Fsp3) is 0. The summed E-state index contributed by atoms with van der Waals surface area (Å²) >= 11 is 1.09. The highest BCUT2D eigenvalue weighted by atomic mass is 32.2. The van der Waals surface area contributed by atoms with E-state index in [1.54, 1.807) is 12.1 Å². The number of aromatic nitrogens is 1. The van der Waals surface area contributed by atoms with Crippen LogP contribution in [0.1, 0.15) is 0 Å². The lowest BCUT2D eigenvalue weighted by atomic mass is 10.5. The number of hydrogen-bond donors (Lipinski definition) is 2. The maximum Gasteiger partial charge on any atom is 0.124 e. The van der Waals surface area contributed by atoms with Gasteiger partial charge in [-0.25, -0.2) is 4.98 Å².